The number of amides is 1. The molecule has 2 aromatic rings. The van der Waals surface area contributed by atoms with Crippen LogP contribution in [-0.2, 0) is 13.1 Å². The first kappa shape index (κ1) is 15.1. The third-order valence-corrected chi connectivity index (χ3v) is 3.58. The first-order chi connectivity index (χ1) is 9.51. The molecule has 1 aromatic heterocycles. The number of carbonyl (C=O) groups is 1. The summed E-state index contributed by atoms with van der Waals surface area (Å²) >= 11 is 9.16. The summed E-state index contributed by atoms with van der Waals surface area (Å²) in [7, 11) is 0. The first-order valence-corrected chi connectivity index (χ1v) is 7.26. The van der Waals surface area contributed by atoms with Gasteiger partial charge in [-0.25, -0.2) is 4.39 Å². The van der Waals surface area contributed by atoms with E-state index in [4.69, 9.17) is 11.6 Å². The van der Waals surface area contributed by atoms with Crippen molar-refractivity contribution in [2.24, 2.45) is 0 Å². The van der Waals surface area contributed by atoms with Crippen LogP contribution in [0.2, 0.25) is 5.02 Å². The summed E-state index contributed by atoms with van der Waals surface area (Å²) in [5.74, 6) is -0.629. The molecule has 106 valence electrons. The van der Waals surface area contributed by atoms with Crippen LogP contribution in [0, 0.1) is 5.82 Å². The summed E-state index contributed by atoms with van der Waals surface area (Å²) in [4.78, 5) is 12.1. The quantitative estimate of drug-likeness (QED) is 0.880. The monoisotopic (exact) mass is 358 g/mol. The predicted octanol–water partition coefficient (Wildman–Crippen LogP) is 3.99. The normalized spacial score (nSPS) is 10.6. The Kier molecular flexibility index (Phi) is 4.83. The lowest BCUT2D eigenvalue weighted by molar-refractivity contribution is 0.0941. The van der Waals surface area contributed by atoms with Gasteiger partial charge in [-0.1, -0.05) is 27.5 Å². The van der Waals surface area contributed by atoms with Crippen LogP contribution in [0.25, 0.3) is 0 Å². The van der Waals surface area contributed by atoms with Gasteiger partial charge in [-0.2, -0.15) is 0 Å². The maximum Gasteiger partial charge on any atom is 0.268 e. The molecule has 0 aliphatic heterocycles. The Morgan fingerprint density at radius 1 is 1.45 bits per heavy atom. The Labute approximate surface area is 129 Å². The Morgan fingerprint density at radius 2 is 2.20 bits per heavy atom. The van der Waals surface area contributed by atoms with E-state index in [1.165, 1.54) is 6.07 Å². The number of hydrogen-bond donors (Lipinski definition) is 1. The summed E-state index contributed by atoms with van der Waals surface area (Å²) in [6.07, 6.45) is 1.69. The van der Waals surface area contributed by atoms with Crippen molar-refractivity contribution in [3.8, 4) is 0 Å². The number of hydrogen-bond acceptors (Lipinski definition) is 1. The first-order valence-electron chi connectivity index (χ1n) is 6.09. The minimum absolute atomic E-state index is 0.122. The standard InChI is InChI=1S/C14H13BrClFN2O/c1-2-19-8-11(16)6-13(19)14(20)18-7-9-5-10(15)3-4-12(9)17/h3-6,8H,2,7H2,1H3,(H,18,20). The molecule has 0 fully saturated rings. The molecular formula is C14H13BrClFN2O. The van der Waals surface area contributed by atoms with Crippen LogP contribution in [0.15, 0.2) is 34.9 Å². The number of nitrogens with one attached hydrogen (secondary N) is 1. The molecule has 1 aromatic carbocycles. The molecule has 0 aliphatic carbocycles. The SMILES string of the molecule is CCn1cc(Cl)cc1C(=O)NCc1cc(Br)ccc1F. The lowest BCUT2D eigenvalue weighted by Gasteiger charge is -2.08. The van der Waals surface area contributed by atoms with E-state index in [2.05, 4.69) is 21.2 Å². The summed E-state index contributed by atoms with van der Waals surface area (Å²) in [6, 6.07) is 6.21. The van der Waals surface area contributed by atoms with E-state index >= 15 is 0 Å². The highest BCUT2D eigenvalue weighted by Crippen LogP contribution is 2.17. The van der Waals surface area contributed by atoms with Crippen molar-refractivity contribution in [3.63, 3.8) is 0 Å². The van der Waals surface area contributed by atoms with E-state index in [-0.39, 0.29) is 18.3 Å². The van der Waals surface area contributed by atoms with Crippen LogP contribution >= 0.6 is 27.5 Å². The van der Waals surface area contributed by atoms with Crippen molar-refractivity contribution in [2.45, 2.75) is 20.0 Å². The van der Waals surface area contributed by atoms with Crippen molar-refractivity contribution >= 4 is 33.4 Å². The molecule has 6 heteroatoms. The molecule has 3 nitrogen and oxygen atoms in total. The second kappa shape index (κ2) is 6.41. The molecule has 1 heterocycles. The van der Waals surface area contributed by atoms with Gasteiger partial charge in [-0.05, 0) is 31.2 Å². The molecule has 1 amide bonds. The van der Waals surface area contributed by atoms with Gasteiger partial charge in [0, 0.05) is 29.3 Å². The van der Waals surface area contributed by atoms with E-state index in [0.29, 0.717) is 22.8 Å². The fraction of sp³-hybridized carbons (Fsp3) is 0.214. The van der Waals surface area contributed by atoms with Crippen molar-refractivity contribution in [2.75, 3.05) is 0 Å². The zero-order chi connectivity index (χ0) is 14.7. The second-order valence-corrected chi connectivity index (χ2v) is 5.60. The Balaban J connectivity index is 2.10. The second-order valence-electron chi connectivity index (χ2n) is 4.25. The number of carbonyl (C=O) groups excluding carboxylic acids is 1. The van der Waals surface area contributed by atoms with Gasteiger partial charge in [0.15, 0.2) is 0 Å². The third-order valence-electron chi connectivity index (χ3n) is 2.88. The lowest BCUT2D eigenvalue weighted by atomic mass is 10.2. The summed E-state index contributed by atoms with van der Waals surface area (Å²) in [5.41, 5.74) is 0.890. The van der Waals surface area contributed by atoms with E-state index in [9.17, 15) is 9.18 Å². The lowest BCUT2D eigenvalue weighted by Crippen LogP contribution is -2.25. The molecular weight excluding hydrogens is 347 g/mol. The van der Waals surface area contributed by atoms with Crippen molar-refractivity contribution < 1.29 is 9.18 Å². The molecule has 0 saturated carbocycles. The van der Waals surface area contributed by atoms with Gasteiger partial charge < -0.3 is 9.88 Å². The zero-order valence-electron chi connectivity index (χ0n) is 10.8. The number of rotatable bonds is 4. The van der Waals surface area contributed by atoms with Crippen LogP contribution < -0.4 is 5.32 Å². The van der Waals surface area contributed by atoms with Crippen molar-refractivity contribution in [1.29, 1.82) is 0 Å². The Bertz CT molecular complexity index is 642. The van der Waals surface area contributed by atoms with Gasteiger partial charge in [0.25, 0.3) is 5.91 Å². The topological polar surface area (TPSA) is 34.0 Å². The minimum atomic E-state index is -0.350. The van der Waals surface area contributed by atoms with Crippen LogP contribution in [0.4, 0.5) is 4.39 Å². The van der Waals surface area contributed by atoms with Gasteiger partial charge in [-0.15, -0.1) is 0 Å². The van der Waals surface area contributed by atoms with Gasteiger partial charge >= 0.3 is 0 Å². The number of nitrogens with zero attached hydrogens (tertiary/aromatic N) is 1. The smallest absolute Gasteiger partial charge is 0.268 e. The summed E-state index contributed by atoms with van der Waals surface area (Å²) in [5, 5.41) is 3.20. The number of benzene rings is 1. The molecule has 0 atom stereocenters. The Hall–Kier alpha value is -1.33. The van der Waals surface area contributed by atoms with Gasteiger partial charge in [0.1, 0.15) is 11.5 Å². The number of aromatic nitrogens is 1. The van der Waals surface area contributed by atoms with E-state index < -0.39 is 0 Å². The average molecular weight is 360 g/mol. The molecule has 1 N–H and O–H groups in total. The Morgan fingerprint density at radius 3 is 2.90 bits per heavy atom. The molecule has 0 spiro atoms. The average Bonchev–Trinajstić information content (AvgIpc) is 2.80. The highest BCUT2D eigenvalue weighted by molar-refractivity contribution is 9.10. The third kappa shape index (κ3) is 3.41. The minimum Gasteiger partial charge on any atom is -0.347 e. The molecule has 2 rings (SSSR count). The van der Waals surface area contributed by atoms with Gasteiger partial charge in [0.05, 0.1) is 5.02 Å². The number of aryl methyl sites for hydroxylation is 1. The maximum absolute atomic E-state index is 13.6. The molecule has 0 radical (unpaired) electrons. The van der Waals surface area contributed by atoms with Crippen molar-refractivity contribution in [1.82, 2.24) is 9.88 Å². The van der Waals surface area contributed by atoms with Crippen LogP contribution in [0.3, 0.4) is 0 Å². The van der Waals surface area contributed by atoms with Crippen molar-refractivity contribution in [3.05, 3.63) is 57.0 Å². The summed E-state index contributed by atoms with van der Waals surface area (Å²) in [6.45, 7) is 2.68. The zero-order valence-corrected chi connectivity index (χ0v) is 13.1. The molecule has 0 unspecified atom stereocenters. The molecule has 0 saturated heterocycles. The van der Waals surface area contributed by atoms with Crippen LogP contribution in [0.1, 0.15) is 23.0 Å². The van der Waals surface area contributed by atoms with Crippen LogP contribution in [0.5, 0.6) is 0 Å². The largest absolute Gasteiger partial charge is 0.347 e. The fourth-order valence-corrected chi connectivity index (χ4v) is 2.50. The van der Waals surface area contributed by atoms with Gasteiger partial charge in [-0.3, -0.25) is 4.79 Å². The molecule has 0 bridgehead atoms. The summed E-state index contributed by atoms with van der Waals surface area (Å²) < 4.78 is 16.1. The van der Waals surface area contributed by atoms with E-state index in [1.807, 2.05) is 6.92 Å². The highest BCUT2D eigenvalue weighted by Gasteiger charge is 2.13. The van der Waals surface area contributed by atoms with E-state index in [0.717, 1.165) is 4.47 Å². The van der Waals surface area contributed by atoms with E-state index in [1.54, 1.807) is 29.0 Å². The molecule has 0 aliphatic rings. The molecule has 20 heavy (non-hydrogen) atoms. The highest BCUT2D eigenvalue weighted by atomic mass is 79.9. The fourth-order valence-electron chi connectivity index (χ4n) is 1.87. The predicted molar refractivity (Wildman–Crippen MR) is 80.4 cm³/mol. The maximum atomic E-state index is 13.6. The van der Waals surface area contributed by atoms with Crippen LogP contribution in [-0.4, -0.2) is 10.5 Å². The van der Waals surface area contributed by atoms with Gasteiger partial charge in [0.2, 0.25) is 0 Å². The number of halogens is 3.